The van der Waals surface area contributed by atoms with Gasteiger partial charge in [-0.1, -0.05) is 11.6 Å². The Labute approximate surface area is 235 Å². The van der Waals surface area contributed by atoms with Crippen LogP contribution in [-0.2, 0) is 14.6 Å². The lowest BCUT2D eigenvalue weighted by atomic mass is 9.77. The van der Waals surface area contributed by atoms with E-state index in [4.69, 9.17) is 21.4 Å². The number of halogens is 4. The number of sulfone groups is 1. The standard InChI is InChI=1S/C27H32ClF3N2O6S/c1-15(13-34)32-6-7-39-14-27(36)11-17-2-3-18(12-27)25(17)40(37,38)23-8-16(4-5-20(23)28)26(35)33-19-9-21(29)24(31)22(30)10-19/h4-5,8-10,15,17-18,25,32,34,36H,2-3,6-7,11-14H2,1H3,(H,33,35)/t15?,17-,18?,25?,27+/m0/s1. The molecule has 0 heterocycles. The lowest BCUT2D eigenvalue weighted by Gasteiger charge is -2.40. The first-order valence-electron chi connectivity index (χ1n) is 13.0. The van der Waals surface area contributed by atoms with Crippen molar-refractivity contribution in [1.29, 1.82) is 0 Å². The third kappa shape index (κ3) is 6.63. The maximum atomic E-state index is 13.8. The summed E-state index contributed by atoms with van der Waals surface area (Å²) in [6.45, 7) is 2.70. The number of anilines is 1. The zero-order valence-electron chi connectivity index (χ0n) is 21.8. The van der Waals surface area contributed by atoms with Gasteiger partial charge >= 0.3 is 0 Å². The number of hydrogen-bond acceptors (Lipinski definition) is 7. The number of ether oxygens (including phenoxy) is 1. The van der Waals surface area contributed by atoms with Crippen molar-refractivity contribution in [3.8, 4) is 0 Å². The van der Waals surface area contributed by atoms with E-state index in [9.17, 15) is 31.5 Å². The maximum absolute atomic E-state index is 13.8. The van der Waals surface area contributed by atoms with Gasteiger partial charge in [0, 0.05) is 36.0 Å². The molecule has 2 aromatic rings. The Morgan fingerprint density at radius 1 is 1.15 bits per heavy atom. The van der Waals surface area contributed by atoms with Crippen molar-refractivity contribution in [2.75, 3.05) is 31.7 Å². The van der Waals surface area contributed by atoms with Crippen molar-refractivity contribution in [3.63, 3.8) is 0 Å². The van der Waals surface area contributed by atoms with Gasteiger partial charge in [0.05, 0.1) is 40.6 Å². The first-order chi connectivity index (χ1) is 18.8. The average Bonchev–Trinajstić information content (AvgIpc) is 3.20. The van der Waals surface area contributed by atoms with Crippen LogP contribution in [0.1, 0.15) is 43.0 Å². The van der Waals surface area contributed by atoms with Crippen LogP contribution in [-0.4, -0.2) is 67.8 Å². The van der Waals surface area contributed by atoms with Crippen LogP contribution in [0, 0.1) is 29.3 Å². The molecule has 220 valence electrons. The van der Waals surface area contributed by atoms with Crippen LogP contribution in [0.3, 0.4) is 0 Å². The second-order valence-corrected chi connectivity index (χ2v) is 13.2. The number of aliphatic hydroxyl groups excluding tert-OH is 1. The number of carbonyl (C=O) groups excluding carboxylic acids is 1. The van der Waals surface area contributed by atoms with Crippen LogP contribution < -0.4 is 10.6 Å². The predicted octanol–water partition coefficient (Wildman–Crippen LogP) is 3.69. The van der Waals surface area contributed by atoms with Crippen molar-refractivity contribution >= 4 is 33.0 Å². The fraction of sp³-hybridized carbons (Fsp3) is 0.519. The molecule has 4 N–H and O–H groups in total. The molecule has 0 radical (unpaired) electrons. The van der Waals surface area contributed by atoms with Gasteiger partial charge in [-0.2, -0.15) is 0 Å². The van der Waals surface area contributed by atoms with E-state index >= 15 is 0 Å². The number of fused-ring (bicyclic) bond motifs is 2. The lowest BCUT2D eigenvalue weighted by Crippen LogP contribution is -2.48. The first kappa shape index (κ1) is 30.7. The Hall–Kier alpha value is -2.22. The molecule has 2 aromatic carbocycles. The molecule has 2 aliphatic carbocycles. The SMILES string of the molecule is CC(CO)NCCOC[C@]1(O)CC2CC[C@@H](C1)C2S(=O)(=O)c1cc(C(=O)Nc2cc(F)c(F)c(F)c2)ccc1Cl. The van der Waals surface area contributed by atoms with Crippen LogP contribution >= 0.6 is 11.6 Å². The van der Waals surface area contributed by atoms with E-state index in [0.29, 0.717) is 38.1 Å². The molecule has 0 spiro atoms. The summed E-state index contributed by atoms with van der Waals surface area (Å²) in [5, 5.41) is 24.7. The molecule has 13 heteroatoms. The third-order valence-corrected chi connectivity index (χ3v) is 10.5. The average molecular weight is 605 g/mol. The summed E-state index contributed by atoms with van der Waals surface area (Å²) in [5.74, 6) is -6.20. The zero-order chi connectivity index (χ0) is 29.2. The number of aliphatic hydroxyl groups is 2. The van der Waals surface area contributed by atoms with Gasteiger partial charge in [0.15, 0.2) is 27.3 Å². The number of nitrogens with one attached hydrogen (secondary N) is 2. The van der Waals surface area contributed by atoms with Crippen molar-refractivity contribution in [1.82, 2.24) is 5.32 Å². The maximum Gasteiger partial charge on any atom is 0.255 e. The molecule has 2 aliphatic rings. The molecule has 2 fully saturated rings. The van der Waals surface area contributed by atoms with Gasteiger partial charge in [-0.05, 0) is 62.6 Å². The minimum atomic E-state index is -4.04. The fourth-order valence-corrected chi connectivity index (χ4v) is 8.65. The molecule has 0 aromatic heterocycles. The molecule has 2 bridgehead atoms. The van der Waals surface area contributed by atoms with Gasteiger partial charge in [-0.15, -0.1) is 0 Å². The van der Waals surface area contributed by atoms with E-state index in [-0.39, 0.29) is 65.1 Å². The summed E-state index contributed by atoms with van der Waals surface area (Å²) in [5.41, 5.74) is -1.64. The third-order valence-electron chi connectivity index (χ3n) is 7.61. The molecule has 0 aliphatic heterocycles. The van der Waals surface area contributed by atoms with Crippen LogP contribution in [0.15, 0.2) is 35.2 Å². The van der Waals surface area contributed by atoms with E-state index in [0.717, 1.165) is 6.07 Å². The van der Waals surface area contributed by atoms with Gasteiger partial charge in [0.1, 0.15) is 0 Å². The first-order valence-corrected chi connectivity index (χ1v) is 14.9. The molecule has 8 nitrogen and oxygen atoms in total. The van der Waals surface area contributed by atoms with Crippen molar-refractivity contribution < 1.29 is 41.3 Å². The number of carbonyl (C=O) groups is 1. The van der Waals surface area contributed by atoms with Crippen LogP contribution in [0.25, 0.3) is 0 Å². The Morgan fingerprint density at radius 3 is 2.38 bits per heavy atom. The summed E-state index contributed by atoms with van der Waals surface area (Å²) in [6, 6.07) is 4.80. The van der Waals surface area contributed by atoms with Crippen molar-refractivity contribution in [2.24, 2.45) is 11.8 Å². The summed E-state index contributed by atoms with van der Waals surface area (Å²) in [6.07, 6.45) is 1.67. The highest BCUT2D eigenvalue weighted by atomic mass is 35.5. The Bertz CT molecular complexity index is 1320. The number of rotatable bonds is 11. The smallest absolute Gasteiger partial charge is 0.255 e. The largest absolute Gasteiger partial charge is 0.395 e. The van der Waals surface area contributed by atoms with E-state index < -0.39 is 44.0 Å². The van der Waals surface area contributed by atoms with Gasteiger partial charge < -0.3 is 25.6 Å². The second kappa shape index (κ2) is 12.3. The molecule has 5 atom stereocenters. The predicted molar refractivity (Wildman–Crippen MR) is 142 cm³/mol. The molecular formula is C27H32ClF3N2O6S. The summed E-state index contributed by atoms with van der Waals surface area (Å²) >= 11 is 6.28. The van der Waals surface area contributed by atoms with Gasteiger partial charge in [0.2, 0.25) is 0 Å². The Balaban J connectivity index is 1.47. The number of benzene rings is 2. The van der Waals surface area contributed by atoms with Gasteiger partial charge in [-0.3, -0.25) is 4.79 Å². The molecule has 3 unspecified atom stereocenters. The molecular weight excluding hydrogens is 573 g/mol. The lowest BCUT2D eigenvalue weighted by molar-refractivity contribution is -0.0821. The van der Waals surface area contributed by atoms with E-state index in [1.165, 1.54) is 12.1 Å². The second-order valence-electron chi connectivity index (χ2n) is 10.7. The van der Waals surface area contributed by atoms with E-state index in [1.807, 2.05) is 6.92 Å². The van der Waals surface area contributed by atoms with Crippen LogP contribution in [0.5, 0.6) is 0 Å². The summed E-state index contributed by atoms with van der Waals surface area (Å²) in [4.78, 5) is 12.5. The summed E-state index contributed by atoms with van der Waals surface area (Å²) < 4.78 is 73.7. The molecule has 40 heavy (non-hydrogen) atoms. The minimum absolute atomic E-state index is 0.00499. The monoisotopic (exact) mass is 604 g/mol. The molecule has 1 amide bonds. The molecule has 4 rings (SSSR count). The number of hydrogen-bond donors (Lipinski definition) is 4. The van der Waals surface area contributed by atoms with Crippen molar-refractivity contribution in [2.45, 2.75) is 54.4 Å². The zero-order valence-corrected chi connectivity index (χ0v) is 23.4. The topological polar surface area (TPSA) is 125 Å². The highest BCUT2D eigenvalue weighted by Gasteiger charge is 2.54. The summed E-state index contributed by atoms with van der Waals surface area (Å²) in [7, 11) is -4.04. The van der Waals surface area contributed by atoms with Crippen molar-refractivity contribution in [3.05, 3.63) is 58.4 Å². The minimum Gasteiger partial charge on any atom is -0.395 e. The Morgan fingerprint density at radius 2 is 1.77 bits per heavy atom. The molecule has 2 saturated carbocycles. The normalized spacial score (nSPS) is 25.1. The van der Waals surface area contributed by atoms with Gasteiger partial charge in [-0.25, -0.2) is 21.6 Å². The van der Waals surface area contributed by atoms with Crippen LogP contribution in [0.4, 0.5) is 18.9 Å². The quantitative estimate of drug-likeness (QED) is 0.228. The molecule has 0 saturated heterocycles. The highest BCUT2D eigenvalue weighted by molar-refractivity contribution is 7.92. The van der Waals surface area contributed by atoms with E-state index in [2.05, 4.69) is 10.6 Å². The van der Waals surface area contributed by atoms with Gasteiger partial charge in [0.25, 0.3) is 5.91 Å². The fourth-order valence-electron chi connectivity index (χ4n) is 5.81. The highest BCUT2D eigenvalue weighted by Crippen LogP contribution is 2.51. The Kier molecular flexibility index (Phi) is 9.48. The van der Waals surface area contributed by atoms with Crippen LogP contribution in [0.2, 0.25) is 5.02 Å². The van der Waals surface area contributed by atoms with E-state index in [1.54, 1.807) is 0 Å². The number of amides is 1.